The largest absolute Gasteiger partial charge is 0.370 e. The van der Waals surface area contributed by atoms with E-state index in [0.29, 0.717) is 6.10 Å². The fourth-order valence-corrected chi connectivity index (χ4v) is 3.24. The van der Waals surface area contributed by atoms with Crippen molar-refractivity contribution in [2.24, 2.45) is 0 Å². The zero-order valence-corrected chi connectivity index (χ0v) is 10.8. The quantitative estimate of drug-likeness (QED) is 0.775. The van der Waals surface area contributed by atoms with Crippen molar-refractivity contribution in [3.8, 4) is 0 Å². The van der Waals surface area contributed by atoms with Crippen LogP contribution in [0.4, 0.5) is 0 Å². The van der Waals surface area contributed by atoms with E-state index < -0.39 is 0 Å². The summed E-state index contributed by atoms with van der Waals surface area (Å²) in [6, 6.07) is 0. The van der Waals surface area contributed by atoms with Gasteiger partial charge >= 0.3 is 0 Å². The van der Waals surface area contributed by atoms with Gasteiger partial charge in [0.25, 0.3) is 0 Å². The first-order valence-electron chi connectivity index (χ1n) is 7.23. The van der Waals surface area contributed by atoms with Gasteiger partial charge in [-0.2, -0.15) is 0 Å². The second kappa shape index (κ2) is 6.02. The number of hydrogen-bond donors (Lipinski definition) is 1. The van der Waals surface area contributed by atoms with E-state index in [1.54, 1.807) is 0 Å². The number of ether oxygens (including phenoxy) is 1. The fraction of sp³-hybridized carbons (Fsp3) is 1.00. The van der Waals surface area contributed by atoms with E-state index in [-0.39, 0.29) is 5.60 Å². The summed E-state index contributed by atoms with van der Waals surface area (Å²) in [5.74, 6) is 0. The lowest BCUT2D eigenvalue weighted by Gasteiger charge is -2.39. The normalized spacial score (nSPS) is 26.1. The lowest BCUT2D eigenvalue weighted by Crippen LogP contribution is -2.46. The number of rotatable bonds is 5. The Bertz CT molecular complexity index is 193. The summed E-state index contributed by atoms with van der Waals surface area (Å²) >= 11 is 0. The van der Waals surface area contributed by atoms with Crippen LogP contribution in [0.2, 0.25) is 0 Å². The molecule has 0 amide bonds. The molecule has 0 aromatic heterocycles. The van der Waals surface area contributed by atoms with Crippen molar-refractivity contribution in [3.63, 3.8) is 0 Å². The minimum atomic E-state index is 0.184. The van der Waals surface area contributed by atoms with Gasteiger partial charge in [0, 0.05) is 6.54 Å². The molecule has 0 heterocycles. The van der Waals surface area contributed by atoms with Gasteiger partial charge in [0.1, 0.15) is 0 Å². The Morgan fingerprint density at radius 2 is 1.75 bits per heavy atom. The van der Waals surface area contributed by atoms with Crippen LogP contribution in [0.15, 0.2) is 0 Å². The summed E-state index contributed by atoms with van der Waals surface area (Å²) < 4.78 is 6.48. The monoisotopic (exact) mass is 225 g/mol. The molecule has 2 rings (SSSR count). The third-order valence-corrected chi connectivity index (χ3v) is 4.18. The molecule has 16 heavy (non-hydrogen) atoms. The van der Waals surface area contributed by atoms with E-state index in [9.17, 15) is 0 Å². The van der Waals surface area contributed by atoms with Gasteiger partial charge in [0.2, 0.25) is 0 Å². The zero-order chi connectivity index (χ0) is 11.3. The molecule has 0 aromatic carbocycles. The minimum absolute atomic E-state index is 0.184. The number of nitrogens with one attached hydrogen (secondary N) is 1. The van der Waals surface area contributed by atoms with Crippen LogP contribution in [0.3, 0.4) is 0 Å². The molecule has 0 aromatic rings. The molecule has 2 fully saturated rings. The lowest BCUT2D eigenvalue weighted by atomic mass is 9.84. The topological polar surface area (TPSA) is 21.3 Å². The highest BCUT2D eigenvalue weighted by Crippen LogP contribution is 2.35. The SMILES string of the molecule is CCNCC1(OC2CCCC2)CCCCC1. The molecule has 0 saturated heterocycles. The molecule has 2 heteroatoms. The van der Waals surface area contributed by atoms with E-state index in [4.69, 9.17) is 4.74 Å². The summed E-state index contributed by atoms with van der Waals surface area (Å²) in [7, 11) is 0. The summed E-state index contributed by atoms with van der Waals surface area (Å²) in [5, 5.41) is 3.51. The van der Waals surface area contributed by atoms with E-state index in [0.717, 1.165) is 13.1 Å². The maximum Gasteiger partial charge on any atom is 0.0810 e. The third-order valence-electron chi connectivity index (χ3n) is 4.18. The van der Waals surface area contributed by atoms with Crippen molar-refractivity contribution in [1.82, 2.24) is 5.32 Å². The Kier molecular flexibility index (Phi) is 4.66. The van der Waals surface area contributed by atoms with Crippen molar-refractivity contribution < 1.29 is 4.74 Å². The second-order valence-electron chi connectivity index (χ2n) is 5.55. The molecule has 0 unspecified atom stereocenters. The molecule has 1 N–H and O–H groups in total. The van der Waals surface area contributed by atoms with Gasteiger partial charge in [-0.15, -0.1) is 0 Å². The molecule has 2 saturated carbocycles. The van der Waals surface area contributed by atoms with Gasteiger partial charge in [0.05, 0.1) is 11.7 Å². The van der Waals surface area contributed by atoms with Gasteiger partial charge in [-0.05, 0) is 32.2 Å². The Balaban J connectivity index is 1.89. The Hall–Kier alpha value is -0.0800. The fourth-order valence-electron chi connectivity index (χ4n) is 3.24. The van der Waals surface area contributed by atoms with Gasteiger partial charge in [-0.1, -0.05) is 39.0 Å². The molecule has 0 radical (unpaired) electrons. The van der Waals surface area contributed by atoms with Crippen LogP contribution in [0, 0.1) is 0 Å². The van der Waals surface area contributed by atoms with Crippen molar-refractivity contribution >= 4 is 0 Å². The Labute approximate surface area is 100 Å². The average molecular weight is 225 g/mol. The van der Waals surface area contributed by atoms with Crippen molar-refractivity contribution in [3.05, 3.63) is 0 Å². The smallest absolute Gasteiger partial charge is 0.0810 e. The molecular weight excluding hydrogens is 198 g/mol. The maximum absolute atomic E-state index is 6.48. The molecule has 0 bridgehead atoms. The molecule has 0 spiro atoms. The Morgan fingerprint density at radius 1 is 1.06 bits per heavy atom. The summed E-state index contributed by atoms with van der Waals surface area (Å²) in [6.45, 7) is 4.32. The molecule has 0 atom stereocenters. The first-order chi connectivity index (χ1) is 7.85. The van der Waals surface area contributed by atoms with Crippen LogP contribution in [-0.2, 0) is 4.74 Å². The third kappa shape index (κ3) is 3.21. The predicted octanol–water partition coefficient (Wildman–Crippen LogP) is 3.26. The van der Waals surface area contributed by atoms with E-state index in [2.05, 4.69) is 12.2 Å². The summed E-state index contributed by atoms with van der Waals surface area (Å²) in [4.78, 5) is 0. The van der Waals surface area contributed by atoms with Crippen LogP contribution in [0.1, 0.15) is 64.7 Å². The molecule has 0 aliphatic heterocycles. The number of hydrogen-bond acceptors (Lipinski definition) is 2. The second-order valence-corrected chi connectivity index (χ2v) is 5.55. The van der Waals surface area contributed by atoms with Gasteiger partial charge < -0.3 is 10.1 Å². The zero-order valence-electron chi connectivity index (χ0n) is 10.8. The molecule has 2 aliphatic rings. The van der Waals surface area contributed by atoms with E-state index >= 15 is 0 Å². The highest BCUT2D eigenvalue weighted by atomic mass is 16.5. The standard InChI is InChI=1S/C14H27NO/c1-2-15-12-14(10-6-3-7-11-14)16-13-8-4-5-9-13/h13,15H,2-12H2,1H3. The molecule has 2 nitrogen and oxygen atoms in total. The summed E-state index contributed by atoms with van der Waals surface area (Å²) in [5.41, 5.74) is 0.184. The molecule has 94 valence electrons. The number of likely N-dealkylation sites (N-methyl/N-ethyl adjacent to an activating group) is 1. The first kappa shape index (κ1) is 12.4. The van der Waals surface area contributed by atoms with Crippen LogP contribution in [0.5, 0.6) is 0 Å². The lowest BCUT2D eigenvalue weighted by molar-refractivity contribution is -0.109. The van der Waals surface area contributed by atoms with Gasteiger partial charge in [-0.25, -0.2) is 0 Å². The highest BCUT2D eigenvalue weighted by Gasteiger charge is 2.35. The van der Waals surface area contributed by atoms with Crippen LogP contribution >= 0.6 is 0 Å². The highest BCUT2D eigenvalue weighted by molar-refractivity contribution is 4.88. The first-order valence-corrected chi connectivity index (χ1v) is 7.23. The Morgan fingerprint density at radius 3 is 2.38 bits per heavy atom. The average Bonchev–Trinajstić information content (AvgIpc) is 2.80. The van der Waals surface area contributed by atoms with Gasteiger partial charge in [0.15, 0.2) is 0 Å². The maximum atomic E-state index is 6.48. The van der Waals surface area contributed by atoms with Crippen LogP contribution < -0.4 is 5.32 Å². The van der Waals surface area contributed by atoms with Crippen molar-refractivity contribution in [1.29, 1.82) is 0 Å². The minimum Gasteiger partial charge on any atom is -0.370 e. The molecule has 2 aliphatic carbocycles. The molecular formula is C14H27NO. The van der Waals surface area contributed by atoms with Gasteiger partial charge in [-0.3, -0.25) is 0 Å². The van der Waals surface area contributed by atoms with Crippen molar-refractivity contribution in [2.75, 3.05) is 13.1 Å². The predicted molar refractivity (Wildman–Crippen MR) is 67.7 cm³/mol. The van der Waals surface area contributed by atoms with Crippen molar-refractivity contribution in [2.45, 2.75) is 76.4 Å². The van der Waals surface area contributed by atoms with E-state index in [1.807, 2.05) is 0 Å². The van der Waals surface area contributed by atoms with Crippen LogP contribution in [-0.4, -0.2) is 24.8 Å². The van der Waals surface area contributed by atoms with E-state index in [1.165, 1.54) is 57.8 Å². The summed E-state index contributed by atoms with van der Waals surface area (Å²) in [6.07, 6.45) is 12.6. The van der Waals surface area contributed by atoms with Crippen LogP contribution in [0.25, 0.3) is 0 Å².